The number of ketones is 1. The summed E-state index contributed by atoms with van der Waals surface area (Å²) in [6.07, 6.45) is 1.75. The van der Waals surface area contributed by atoms with Crippen molar-refractivity contribution in [1.29, 1.82) is 5.26 Å². The molecule has 0 bridgehead atoms. The molecule has 0 amide bonds. The number of aryl methyl sites for hydroxylation is 1. The van der Waals surface area contributed by atoms with Crippen LogP contribution in [0.15, 0.2) is 48.7 Å². The van der Waals surface area contributed by atoms with Crippen LogP contribution in [0.4, 0.5) is 5.69 Å². The van der Waals surface area contributed by atoms with Crippen LogP contribution in [0.3, 0.4) is 0 Å². The average Bonchev–Trinajstić information content (AvgIpc) is 2.87. The van der Waals surface area contributed by atoms with Crippen LogP contribution in [0.5, 0.6) is 0 Å². The van der Waals surface area contributed by atoms with E-state index in [-0.39, 0.29) is 11.5 Å². The Labute approximate surface area is 135 Å². The predicted molar refractivity (Wildman–Crippen MR) is 92.5 cm³/mol. The molecule has 0 aliphatic rings. The van der Waals surface area contributed by atoms with Gasteiger partial charge in [0.25, 0.3) is 0 Å². The van der Waals surface area contributed by atoms with Gasteiger partial charge in [-0.3, -0.25) is 4.79 Å². The molecule has 0 spiro atoms. The molecule has 4 heteroatoms. The highest BCUT2D eigenvalue weighted by Crippen LogP contribution is 2.27. The predicted octanol–water partition coefficient (Wildman–Crippen LogP) is 3.96. The minimum Gasteiger partial charge on any atom is -0.396 e. The number of anilines is 1. The monoisotopic (exact) mass is 305 g/mol. The fourth-order valence-electron chi connectivity index (χ4n) is 2.50. The summed E-state index contributed by atoms with van der Waals surface area (Å²) in [4.78, 5) is 12.8. The Bertz CT molecular complexity index is 901. The maximum absolute atomic E-state index is 12.8. The van der Waals surface area contributed by atoms with E-state index in [1.54, 1.807) is 28.8 Å². The topological polar surface area (TPSA) is 71.3 Å². The van der Waals surface area contributed by atoms with Crippen molar-refractivity contribution in [3.63, 3.8) is 0 Å². The van der Waals surface area contributed by atoms with E-state index < -0.39 is 0 Å². The van der Waals surface area contributed by atoms with Crippen molar-refractivity contribution >= 4 is 17.0 Å². The van der Waals surface area contributed by atoms with Crippen molar-refractivity contribution in [1.82, 2.24) is 4.40 Å². The van der Waals surface area contributed by atoms with Crippen molar-refractivity contribution in [2.24, 2.45) is 0 Å². The highest BCUT2D eigenvalue weighted by Gasteiger charge is 2.22. The first kappa shape index (κ1) is 16.3. The third-order valence-corrected chi connectivity index (χ3v) is 3.49. The third-order valence-electron chi connectivity index (χ3n) is 3.49. The van der Waals surface area contributed by atoms with Gasteiger partial charge in [-0.1, -0.05) is 43.7 Å². The van der Waals surface area contributed by atoms with Gasteiger partial charge in [-0.05, 0) is 25.1 Å². The molecule has 2 heterocycles. The summed E-state index contributed by atoms with van der Waals surface area (Å²) < 4.78 is 1.68. The SMILES string of the molecule is CC.Cc1cccc(C(=O)c2c(N)c(C#N)c3ccccn23)c1. The van der Waals surface area contributed by atoms with Crippen LogP contribution < -0.4 is 5.73 Å². The van der Waals surface area contributed by atoms with Crippen LogP contribution in [-0.2, 0) is 0 Å². The first-order chi connectivity index (χ1) is 11.1. The molecule has 3 rings (SSSR count). The molecule has 0 radical (unpaired) electrons. The van der Waals surface area contributed by atoms with Crippen molar-refractivity contribution in [3.05, 3.63) is 71.0 Å². The van der Waals surface area contributed by atoms with Crippen LogP contribution in [0.2, 0.25) is 0 Å². The average molecular weight is 305 g/mol. The van der Waals surface area contributed by atoms with Gasteiger partial charge in [0.1, 0.15) is 17.3 Å². The molecule has 23 heavy (non-hydrogen) atoms. The number of nitriles is 1. The largest absolute Gasteiger partial charge is 0.396 e. The highest BCUT2D eigenvalue weighted by molar-refractivity contribution is 6.13. The lowest BCUT2D eigenvalue weighted by Gasteiger charge is -2.04. The molecule has 0 fully saturated rings. The number of benzene rings is 1. The Morgan fingerprint density at radius 1 is 1.17 bits per heavy atom. The van der Waals surface area contributed by atoms with Crippen LogP contribution in [0, 0.1) is 18.3 Å². The van der Waals surface area contributed by atoms with Crippen LogP contribution in [-0.4, -0.2) is 10.2 Å². The zero-order valence-corrected chi connectivity index (χ0v) is 13.5. The molecule has 2 aromatic heterocycles. The second-order valence-electron chi connectivity index (χ2n) is 4.90. The van der Waals surface area contributed by atoms with Crippen molar-refractivity contribution < 1.29 is 4.79 Å². The molecule has 0 aliphatic carbocycles. The molecule has 0 unspecified atom stereocenters. The Morgan fingerprint density at radius 3 is 2.57 bits per heavy atom. The summed E-state index contributed by atoms with van der Waals surface area (Å²) in [6, 6.07) is 14.8. The van der Waals surface area contributed by atoms with Gasteiger partial charge in [0.05, 0.1) is 11.2 Å². The number of nitrogen functional groups attached to an aromatic ring is 1. The van der Waals surface area contributed by atoms with Gasteiger partial charge >= 0.3 is 0 Å². The number of rotatable bonds is 2. The van der Waals surface area contributed by atoms with E-state index in [9.17, 15) is 10.1 Å². The molecule has 0 saturated heterocycles. The van der Waals surface area contributed by atoms with Crippen molar-refractivity contribution in [3.8, 4) is 6.07 Å². The Balaban J connectivity index is 0.000000924. The summed E-state index contributed by atoms with van der Waals surface area (Å²) in [5.74, 6) is -0.182. The summed E-state index contributed by atoms with van der Waals surface area (Å²) in [7, 11) is 0. The number of hydrogen-bond donors (Lipinski definition) is 1. The smallest absolute Gasteiger partial charge is 0.211 e. The lowest BCUT2D eigenvalue weighted by molar-refractivity contribution is 0.103. The maximum Gasteiger partial charge on any atom is 0.211 e. The molecule has 116 valence electrons. The van der Waals surface area contributed by atoms with Crippen molar-refractivity contribution in [2.45, 2.75) is 20.8 Å². The number of nitrogens with two attached hydrogens (primary N) is 1. The number of hydrogen-bond acceptors (Lipinski definition) is 3. The van der Waals surface area contributed by atoms with E-state index in [0.29, 0.717) is 22.3 Å². The van der Waals surface area contributed by atoms with Gasteiger partial charge in [0.2, 0.25) is 5.78 Å². The van der Waals surface area contributed by atoms with Gasteiger partial charge in [0.15, 0.2) is 0 Å². The molecule has 3 aromatic rings. The first-order valence-corrected chi connectivity index (χ1v) is 7.53. The van der Waals surface area contributed by atoms with Gasteiger partial charge < -0.3 is 10.1 Å². The third kappa shape index (κ3) is 2.82. The Kier molecular flexibility index (Phi) is 4.82. The fourth-order valence-corrected chi connectivity index (χ4v) is 2.50. The minimum atomic E-state index is -0.182. The van der Waals surface area contributed by atoms with Crippen LogP contribution >= 0.6 is 0 Å². The summed E-state index contributed by atoms with van der Waals surface area (Å²) in [5.41, 5.74) is 9.16. The van der Waals surface area contributed by atoms with E-state index in [2.05, 4.69) is 6.07 Å². The molecule has 1 aromatic carbocycles. The zero-order chi connectivity index (χ0) is 17.0. The second kappa shape index (κ2) is 6.80. The Morgan fingerprint density at radius 2 is 1.91 bits per heavy atom. The van der Waals surface area contributed by atoms with Crippen LogP contribution in [0.1, 0.15) is 41.0 Å². The lowest BCUT2D eigenvalue weighted by Crippen LogP contribution is -2.08. The molecule has 0 aliphatic heterocycles. The molecular weight excluding hydrogens is 286 g/mol. The molecule has 0 atom stereocenters. The standard InChI is InChI=1S/C17H13N3O.C2H6/c1-11-5-4-6-12(9-11)17(21)16-15(19)13(10-18)14-7-2-3-8-20(14)16;1-2/h2-9H,19H2,1H3;1-2H3. The molecule has 2 N–H and O–H groups in total. The maximum atomic E-state index is 12.8. The van der Waals surface area contributed by atoms with Gasteiger partial charge in [-0.25, -0.2) is 0 Å². The van der Waals surface area contributed by atoms with Gasteiger partial charge in [-0.2, -0.15) is 5.26 Å². The van der Waals surface area contributed by atoms with Gasteiger partial charge in [0, 0.05) is 11.8 Å². The fraction of sp³-hybridized carbons (Fsp3) is 0.158. The number of nitrogens with zero attached hydrogens (tertiary/aromatic N) is 2. The summed E-state index contributed by atoms with van der Waals surface area (Å²) in [6.45, 7) is 5.93. The number of pyridine rings is 1. The number of carbonyl (C=O) groups excluding carboxylic acids is 1. The normalized spacial score (nSPS) is 9.83. The quantitative estimate of drug-likeness (QED) is 0.728. The van der Waals surface area contributed by atoms with E-state index in [1.165, 1.54) is 0 Å². The van der Waals surface area contributed by atoms with E-state index >= 15 is 0 Å². The second-order valence-corrected chi connectivity index (χ2v) is 4.90. The first-order valence-electron chi connectivity index (χ1n) is 7.53. The Hall–Kier alpha value is -3.06. The lowest BCUT2D eigenvalue weighted by atomic mass is 10.0. The van der Waals surface area contributed by atoms with Gasteiger partial charge in [-0.15, -0.1) is 0 Å². The number of aromatic nitrogens is 1. The summed E-state index contributed by atoms with van der Waals surface area (Å²) >= 11 is 0. The van der Waals surface area contributed by atoms with E-state index in [1.807, 2.05) is 45.0 Å². The molecule has 4 nitrogen and oxygen atoms in total. The van der Waals surface area contributed by atoms with Crippen molar-refractivity contribution in [2.75, 3.05) is 5.73 Å². The number of carbonyl (C=O) groups is 1. The zero-order valence-electron chi connectivity index (χ0n) is 13.5. The minimum absolute atomic E-state index is 0.182. The molecular formula is C19H19N3O. The highest BCUT2D eigenvalue weighted by atomic mass is 16.1. The van der Waals surface area contributed by atoms with E-state index in [4.69, 9.17) is 5.73 Å². The summed E-state index contributed by atoms with van der Waals surface area (Å²) in [5, 5.41) is 9.27. The molecule has 0 saturated carbocycles. The van der Waals surface area contributed by atoms with E-state index in [0.717, 1.165) is 5.56 Å². The number of fused-ring (bicyclic) bond motifs is 1. The van der Waals surface area contributed by atoms with Crippen LogP contribution in [0.25, 0.3) is 5.52 Å².